The van der Waals surface area contributed by atoms with E-state index in [1.807, 2.05) is 6.07 Å². The minimum absolute atomic E-state index is 0.128. The van der Waals surface area contributed by atoms with Gasteiger partial charge in [-0.15, -0.1) is 0 Å². The highest BCUT2D eigenvalue weighted by atomic mass is 19.1. The molecule has 132 valence electrons. The third-order valence-corrected chi connectivity index (χ3v) is 3.61. The van der Waals surface area contributed by atoms with Crippen LogP contribution in [0.3, 0.4) is 0 Å². The van der Waals surface area contributed by atoms with Crippen LogP contribution in [0.4, 0.5) is 4.39 Å². The number of halogens is 1. The van der Waals surface area contributed by atoms with Gasteiger partial charge in [0.15, 0.2) is 0 Å². The van der Waals surface area contributed by atoms with Crippen molar-refractivity contribution < 1.29 is 18.7 Å². The molecule has 5 nitrogen and oxygen atoms in total. The Morgan fingerprint density at radius 1 is 1.16 bits per heavy atom. The van der Waals surface area contributed by atoms with Crippen LogP contribution in [-0.4, -0.2) is 34.9 Å². The van der Waals surface area contributed by atoms with Gasteiger partial charge in [-0.05, 0) is 36.2 Å². The number of aromatic nitrogens is 1. The summed E-state index contributed by atoms with van der Waals surface area (Å²) in [7, 11) is 0. The number of carbonyl (C=O) groups excluding carboxylic acids is 2. The lowest BCUT2D eigenvalue weighted by Gasteiger charge is -2.22. The molecule has 0 aliphatic rings. The van der Waals surface area contributed by atoms with Crippen LogP contribution in [0.15, 0.2) is 48.8 Å². The molecule has 1 aromatic heterocycles. The standard InChI is InChI=1S/C19H21FN2O3/c1-2-25-19(24)9-11-22(14-16-4-3-10-21-13-16)18(23)12-15-5-7-17(20)8-6-15/h3-8,10,13H,2,9,11-12,14H2,1H3. The van der Waals surface area contributed by atoms with Crippen LogP contribution in [0.2, 0.25) is 0 Å². The molecule has 0 saturated heterocycles. The molecule has 0 aliphatic carbocycles. The van der Waals surface area contributed by atoms with Crippen LogP contribution in [0, 0.1) is 5.82 Å². The zero-order valence-electron chi connectivity index (χ0n) is 14.2. The highest BCUT2D eigenvalue weighted by Gasteiger charge is 2.16. The molecule has 0 fully saturated rings. The predicted octanol–water partition coefficient (Wildman–Crippen LogP) is 2.75. The molecule has 1 aromatic carbocycles. The first-order valence-electron chi connectivity index (χ1n) is 8.15. The van der Waals surface area contributed by atoms with Crippen molar-refractivity contribution in [1.29, 1.82) is 0 Å². The van der Waals surface area contributed by atoms with Crippen LogP contribution in [0.1, 0.15) is 24.5 Å². The molecule has 2 rings (SSSR count). The van der Waals surface area contributed by atoms with E-state index in [2.05, 4.69) is 4.98 Å². The Bertz CT molecular complexity index is 690. The Hall–Kier alpha value is -2.76. The molecule has 0 radical (unpaired) electrons. The van der Waals surface area contributed by atoms with Crippen molar-refractivity contribution in [2.45, 2.75) is 26.3 Å². The molecule has 6 heteroatoms. The maximum Gasteiger partial charge on any atom is 0.307 e. The number of benzene rings is 1. The first-order valence-corrected chi connectivity index (χ1v) is 8.15. The first kappa shape index (κ1) is 18.6. The fourth-order valence-electron chi connectivity index (χ4n) is 2.35. The molecule has 0 unspecified atom stereocenters. The van der Waals surface area contributed by atoms with Gasteiger partial charge in [0.25, 0.3) is 0 Å². The van der Waals surface area contributed by atoms with Gasteiger partial charge in [-0.25, -0.2) is 4.39 Å². The Kier molecular flexibility index (Phi) is 7.07. The maximum absolute atomic E-state index is 13.0. The summed E-state index contributed by atoms with van der Waals surface area (Å²) in [6.45, 7) is 2.66. The highest BCUT2D eigenvalue weighted by Crippen LogP contribution is 2.10. The molecule has 1 amide bonds. The molecule has 25 heavy (non-hydrogen) atoms. The van der Waals surface area contributed by atoms with Gasteiger partial charge in [0, 0.05) is 25.5 Å². The van der Waals surface area contributed by atoms with Gasteiger partial charge < -0.3 is 9.64 Å². The molecule has 0 N–H and O–H groups in total. The molecule has 0 atom stereocenters. The molecule has 0 bridgehead atoms. The Morgan fingerprint density at radius 2 is 1.92 bits per heavy atom. The quantitative estimate of drug-likeness (QED) is 0.691. The average Bonchev–Trinajstić information content (AvgIpc) is 2.61. The Morgan fingerprint density at radius 3 is 2.56 bits per heavy atom. The number of amides is 1. The van der Waals surface area contributed by atoms with Gasteiger partial charge in [0.2, 0.25) is 5.91 Å². The number of nitrogens with zero attached hydrogens (tertiary/aromatic N) is 2. The van der Waals surface area contributed by atoms with Crippen molar-refractivity contribution in [3.8, 4) is 0 Å². The monoisotopic (exact) mass is 344 g/mol. The predicted molar refractivity (Wildman–Crippen MR) is 91.0 cm³/mol. The zero-order chi connectivity index (χ0) is 18.1. The number of pyridine rings is 1. The summed E-state index contributed by atoms with van der Waals surface area (Å²) in [5.74, 6) is -0.821. The summed E-state index contributed by atoms with van der Waals surface area (Å²) in [5.41, 5.74) is 1.59. The van der Waals surface area contributed by atoms with Gasteiger partial charge >= 0.3 is 5.97 Å². The summed E-state index contributed by atoms with van der Waals surface area (Å²) in [4.78, 5) is 29.9. The fraction of sp³-hybridized carbons (Fsp3) is 0.316. The maximum atomic E-state index is 13.0. The lowest BCUT2D eigenvalue weighted by atomic mass is 10.1. The molecule has 0 aliphatic heterocycles. The van der Waals surface area contributed by atoms with E-state index in [4.69, 9.17) is 4.74 Å². The van der Waals surface area contributed by atoms with Gasteiger partial charge in [-0.2, -0.15) is 0 Å². The van der Waals surface area contributed by atoms with Crippen LogP contribution in [0.25, 0.3) is 0 Å². The third kappa shape index (κ3) is 6.33. The largest absolute Gasteiger partial charge is 0.466 e. The van der Waals surface area contributed by atoms with E-state index >= 15 is 0 Å². The van der Waals surface area contributed by atoms with Crippen LogP contribution in [-0.2, 0) is 27.3 Å². The number of esters is 1. The lowest BCUT2D eigenvalue weighted by molar-refractivity contribution is -0.144. The molecular formula is C19H21FN2O3. The van der Waals surface area contributed by atoms with Crippen molar-refractivity contribution in [1.82, 2.24) is 9.88 Å². The molecule has 0 saturated carbocycles. The second-order valence-electron chi connectivity index (χ2n) is 5.53. The summed E-state index contributed by atoms with van der Waals surface area (Å²) < 4.78 is 17.9. The minimum Gasteiger partial charge on any atom is -0.466 e. The van der Waals surface area contributed by atoms with Crippen LogP contribution in [0.5, 0.6) is 0 Å². The van der Waals surface area contributed by atoms with E-state index in [1.54, 1.807) is 42.4 Å². The number of hydrogen-bond acceptors (Lipinski definition) is 4. The molecule has 0 spiro atoms. The highest BCUT2D eigenvalue weighted by molar-refractivity contribution is 5.79. The van der Waals surface area contributed by atoms with Crippen molar-refractivity contribution in [3.05, 3.63) is 65.7 Å². The number of carbonyl (C=O) groups is 2. The van der Waals surface area contributed by atoms with E-state index in [9.17, 15) is 14.0 Å². The second-order valence-corrected chi connectivity index (χ2v) is 5.53. The van der Waals surface area contributed by atoms with Gasteiger partial charge in [0.05, 0.1) is 19.4 Å². The number of hydrogen-bond donors (Lipinski definition) is 0. The number of rotatable bonds is 8. The number of ether oxygens (including phenoxy) is 1. The van der Waals surface area contributed by atoms with Gasteiger partial charge in [-0.1, -0.05) is 18.2 Å². The normalized spacial score (nSPS) is 10.3. The first-order chi connectivity index (χ1) is 12.1. The second kappa shape index (κ2) is 9.52. The van der Waals surface area contributed by atoms with E-state index in [0.717, 1.165) is 11.1 Å². The van der Waals surface area contributed by atoms with Crippen molar-refractivity contribution in [3.63, 3.8) is 0 Å². The fourth-order valence-corrected chi connectivity index (χ4v) is 2.35. The topological polar surface area (TPSA) is 59.5 Å². The zero-order valence-corrected chi connectivity index (χ0v) is 14.2. The van der Waals surface area contributed by atoms with Crippen LogP contribution >= 0.6 is 0 Å². The van der Waals surface area contributed by atoms with Crippen molar-refractivity contribution >= 4 is 11.9 Å². The summed E-state index contributed by atoms with van der Waals surface area (Å²) >= 11 is 0. The lowest BCUT2D eigenvalue weighted by Crippen LogP contribution is -2.34. The summed E-state index contributed by atoms with van der Waals surface area (Å²) in [6, 6.07) is 9.49. The van der Waals surface area contributed by atoms with E-state index in [1.165, 1.54) is 12.1 Å². The molecule has 2 aromatic rings. The van der Waals surface area contributed by atoms with E-state index in [-0.39, 0.29) is 37.1 Å². The van der Waals surface area contributed by atoms with Crippen molar-refractivity contribution in [2.75, 3.05) is 13.2 Å². The summed E-state index contributed by atoms with van der Waals surface area (Å²) in [6.07, 6.45) is 3.61. The summed E-state index contributed by atoms with van der Waals surface area (Å²) in [5, 5.41) is 0. The van der Waals surface area contributed by atoms with Gasteiger partial charge in [-0.3, -0.25) is 14.6 Å². The average molecular weight is 344 g/mol. The molecular weight excluding hydrogens is 323 g/mol. The SMILES string of the molecule is CCOC(=O)CCN(Cc1cccnc1)C(=O)Cc1ccc(F)cc1. The van der Waals surface area contributed by atoms with Gasteiger partial charge in [0.1, 0.15) is 5.82 Å². The minimum atomic E-state index is -0.342. The third-order valence-electron chi connectivity index (χ3n) is 3.61. The van der Waals surface area contributed by atoms with E-state index in [0.29, 0.717) is 13.2 Å². The Balaban J connectivity index is 2.04. The Labute approximate surface area is 146 Å². The molecule has 1 heterocycles. The smallest absolute Gasteiger partial charge is 0.307 e. The van der Waals surface area contributed by atoms with E-state index < -0.39 is 0 Å². The van der Waals surface area contributed by atoms with Crippen LogP contribution < -0.4 is 0 Å². The van der Waals surface area contributed by atoms with Crippen molar-refractivity contribution in [2.24, 2.45) is 0 Å².